The number of amides is 2. The van der Waals surface area contributed by atoms with Crippen molar-refractivity contribution in [3.8, 4) is 0 Å². The van der Waals surface area contributed by atoms with Gasteiger partial charge in [-0.25, -0.2) is 0 Å². The van der Waals surface area contributed by atoms with Gasteiger partial charge in [-0.15, -0.1) is 0 Å². The van der Waals surface area contributed by atoms with E-state index in [2.05, 4.69) is 10.6 Å². The first kappa shape index (κ1) is 18.5. The van der Waals surface area contributed by atoms with E-state index in [0.29, 0.717) is 30.1 Å². The Morgan fingerprint density at radius 3 is 2.41 bits per heavy atom. The second-order valence-electron chi connectivity index (χ2n) is 5.52. The Bertz CT molecular complexity index is 489. The van der Waals surface area contributed by atoms with Crippen LogP contribution in [0.2, 0.25) is 5.02 Å². The SMILES string of the molecule is CC(C)C(O)CC(=O)NCCCC(=O)Nc1ccc(Cl)cc1. The molecular weight excluding hydrogens is 304 g/mol. The van der Waals surface area contributed by atoms with E-state index in [4.69, 9.17) is 11.6 Å². The van der Waals surface area contributed by atoms with Gasteiger partial charge in [0.25, 0.3) is 0 Å². The molecule has 122 valence electrons. The van der Waals surface area contributed by atoms with Gasteiger partial charge in [-0.1, -0.05) is 25.4 Å². The van der Waals surface area contributed by atoms with Gasteiger partial charge in [-0.2, -0.15) is 0 Å². The lowest BCUT2D eigenvalue weighted by Crippen LogP contribution is -2.30. The van der Waals surface area contributed by atoms with Crippen molar-refractivity contribution in [2.75, 3.05) is 11.9 Å². The predicted molar refractivity (Wildman–Crippen MR) is 87.8 cm³/mol. The van der Waals surface area contributed by atoms with Crippen molar-refractivity contribution in [3.05, 3.63) is 29.3 Å². The largest absolute Gasteiger partial charge is 0.392 e. The van der Waals surface area contributed by atoms with E-state index >= 15 is 0 Å². The van der Waals surface area contributed by atoms with Gasteiger partial charge in [0, 0.05) is 23.7 Å². The van der Waals surface area contributed by atoms with Gasteiger partial charge >= 0.3 is 0 Å². The van der Waals surface area contributed by atoms with Crippen LogP contribution in [0, 0.1) is 5.92 Å². The molecule has 0 heterocycles. The topological polar surface area (TPSA) is 78.4 Å². The molecular formula is C16H23ClN2O3. The fourth-order valence-electron chi connectivity index (χ4n) is 1.73. The minimum absolute atomic E-state index is 0.0518. The molecule has 6 heteroatoms. The first-order valence-corrected chi connectivity index (χ1v) is 7.76. The van der Waals surface area contributed by atoms with Crippen LogP contribution in [0.25, 0.3) is 0 Å². The fourth-order valence-corrected chi connectivity index (χ4v) is 1.86. The molecule has 1 aromatic carbocycles. The zero-order valence-electron chi connectivity index (χ0n) is 12.9. The first-order valence-electron chi connectivity index (χ1n) is 7.38. The molecule has 0 aliphatic rings. The minimum Gasteiger partial charge on any atom is -0.392 e. The zero-order valence-corrected chi connectivity index (χ0v) is 13.7. The molecule has 0 aromatic heterocycles. The highest BCUT2D eigenvalue weighted by Gasteiger charge is 2.13. The second kappa shape index (κ2) is 9.43. The summed E-state index contributed by atoms with van der Waals surface area (Å²) in [7, 11) is 0. The van der Waals surface area contributed by atoms with Gasteiger partial charge in [0.2, 0.25) is 11.8 Å². The predicted octanol–water partition coefficient (Wildman–Crippen LogP) is 2.58. The summed E-state index contributed by atoms with van der Waals surface area (Å²) in [5.74, 6) is -0.256. The fraction of sp³-hybridized carbons (Fsp3) is 0.500. The molecule has 3 N–H and O–H groups in total. The Kier molecular flexibility index (Phi) is 7.91. The van der Waals surface area contributed by atoms with Crippen LogP contribution in [0.15, 0.2) is 24.3 Å². The van der Waals surface area contributed by atoms with Crippen molar-refractivity contribution in [1.29, 1.82) is 0 Å². The number of hydrogen-bond donors (Lipinski definition) is 3. The van der Waals surface area contributed by atoms with Gasteiger partial charge in [0.15, 0.2) is 0 Å². The highest BCUT2D eigenvalue weighted by Crippen LogP contribution is 2.13. The number of carbonyl (C=O) groups is 2. The summed E-state index contributed by atoms with van der Waals surface area (Å²) in [6.07, 6.45) is 0.320. The molecule has 0 aliphatic heterocycles. The minimum atomic E-state index is -0.631. The van der Waals surface area contributed by atoms with E-state index < -0.39 is 6.10 Å². The third-order valence-electron chi connectivity index (χ3n) is 3.19. The van der Waals surface area contributed by atoms with Crippen LogP contribution < -0.4 is 10.6 Å². The number of benzene rings is 1. The summed E-state index contributed by atoms with van der Waals surface area (Å²) < 4.78 is 0. The Labute approximate surface area is 136 Å². The van der Waals surface area contributed by atoms with Gasteiger partial charge in [0.1, 0.15) is 0 Å². The summed E-state index contributed by atoms with van der Waals surface area (Å²) >= 11 is 5.76. The van der Waals surface area contributed by atoms with Crippen LogP contribution in [0.1, 0.15) is 33.1 Å². The number of aliphatic hydroxyl groups is 1. The van der Waals surface area contributed by atoms with E-state index in [1.165, 1.54) is 0 Å². The molecule has 5 nitrogen and oxygen atoms in total. The maximum Gasteiger partial charge on any atom is 0.224 e. The Morgan fingerprint density at radius 1 is 1.18 bits per heavy atom. The second-order valence-corrected chi connectivity index (χ2v) is 5.96. The van der Waals surface area contributed by atoms with E-state index in [0.717, 1.165) is 0 Å². The van der Waals surface area contributed by atoms with E-state index in [-0.39, 0.29) is 24.2 Å². The standard InChI is InChI=1S/C16H23ClN2O3/c1-11(2)14(20)10-16(22)18-9-3-4-15(21)19-13-7-5-12(17)6-8-13/h5-8,11,14,20H,3-4,9-10H2,1-2H3,(H,18,22)(H,19,21). The summed E-state index contributed by atoms with van der Waals surface area (Å²) in [6, 6.07) is 6.87. The van der Waals surface area contributed by atoms with Crippen LogP contribution in [0.4, 0.5) is 5.69 Å². The molecule has 0 saturated heterocycles. The molecule has 22 heavy (non-hydrogen) atoms. The molecule has 2 amide bonds. The summed E-state index contributed by atoms with van der Waals surface area (Å²) in [6.45, 7) is 4.13. The van der Waals surface area contributed by atoms with Crippen LogP contribution in [0.3, 0.4) is 0 Å². The van der Waals surface area contributed by atoms with Crippen molar-refractivity contribution in [2.24, 2.45) is 5.92 Å². The van der Waals surface area contributed by atoms with Crippen LogP contribution in [0.5, 0.6) is 0 Å². The van der Waals surface area contributed by atoms with Crippen molar-refractivity contribution >= 4 is 29.1 Å². The average molecular weight is 327 g/mol. The van der Waals surface area contributed by atoms with E-state index in [1.54, 1.807) is 24.3 Å². The quantitative estimate of drug-likeness (QED) is 0.642. The zero-order chi connectivity index (χ0) is 16.5. The number of nitrogens with one attached hydrogen (secondary N) is 2. The molecule has 0 saturated carbocycles. The van der Waals surface area contributed by atoms with Gasteiger partial charge < -0.3 is 15.7 Å². The molecule has 0 bridgehead atoms. The van der Waals surface area contributed by atoms with E-state index in [1.807, 2.05) is 13.8 Å². The van der Waals surface area contributed by atoms with Crippen molar-refractivity contribution in [1.82, 2.24) is 5.32 Å². The normalized spacial score (nSPS) is 12.0. The molecule has 0 aliphatic carbocycles. The molecule has 1 aromatic rings. The Morgan fingerprint density at radius 2 is 1.82 bits per heavy atom. The average Bonchev–Trinajstić information content (AvgIpc) is 2.46. The Hall–Kier alpha value is -1.59. The third-order valence-corrected chi connectivity index (χ3v) is 3.45. The van der Waals surface area contributed by atoms with Gasteiger partial charge in [0.05, 0.1) is 12.5 Å². The number of rotatable bonds is 8. The number of carbonyl (C=O) groups excluding carboxylic acids is 2. The lowest BCUT2D eigenvalue weighted by molar-refractivity contribution is -0.124. The van der Waals surface area contributed by atoms with Crippen molar-refractivity contribution in [2.45, 2.75) is 39.2 Å². The molecule has 0 radical (unpaired) electrons. The van der Waals surface area contributed by atoms with Crippen LogP contribution in [-0.2, 0) is 9.59 Å². The number of halogens is 1. The van der Waals surface area contributed by atoms with Crippen molar-refractivity contribution < 1.29 is 14.7 Å². The van der Waals surface area contributed by atoms with Gasteiger partial charge in [-0.05, 0) is 36.6 Å². The smallest absolute Gasteiger partial charge is 0.224 e. The number of hydrogen-bond acceptors (Lipinski definition) is 3. The molecule has 1 atom stereocenters. The van der Waals surface area contributed by atoms with Crippen LogP contribution in [-0.4, -0.2) is 29.6 Å². The van der Waals surface area contributed by atoms with Crippen molar-refractivity contribution in [3.63, 3.8) is 0 Å². The number of aliphatic hydroxyl groups excluding tert-OH is 1. The summed E-state index contributed by atoms with van der Waals surface area (Å²) in [5.41, 5.74) is 0.693. The van der Waals surface area contributed by atoms with Gasteiger partial charge in [-0.3, -0.25) is 9.59 Å². The summed E-state index contributed by atoms with van der Waals surface area (Å²) in [4.78, 5) is 23.3. The first-order chi connectivity index (χ1) is 10.4. The van der Waals surface area contributed by atoms with E-state index in [9.17, 15) is 14.7 Å². The maximum atomic E-state index is 11.7. The maximum absolute atomic E-state index is 11.7. The highest BCUT2D eigenvalue weighted by atomic mass is 35.5. The molecule has 0 spiro atoms. The third kappa shape index (κ3) is 7.43. The monoisotopic (exact) mass is 326 g/mol. The summed E-state index contributed by atoms with van der Waals surface area (Å²) in [5, 5.41) is 15.7. The van der Waals surface area contributed by atoms with Crippen LogP contribution >= 0.6 is 11.6 Å². The molecule has 1 rings (SSSR count). The molecule has 0 fully saturated rings. The Balaban J connectivity index is 2.17. The number of anilines is 1. The lowest BCUT2D eigenvalue weighted by Gasteiger charge is -2.13. The lowest BCUT2D eigenvalue weighted by atomic mass is 10.0. The highest BCUT2D eigenvalue weighted by molar-refractivity contribution is 6.30. The molecule has 1 unspecified atom stereocenters.